The van der Waals surface area contributed by atoms with Crippen LogP contribution in [0.15, 0.2) is 201 Å². The number of benzene rings is 6. The zero-order valence-electron chi connectivity index (χ0n) is 29.8. The summed E-state index contributed by atoms with van der Waals surface area (Å²) in [4.78, 5) is 21.7. The minimum absolute atomic E-state index is 0.876. The Kier molecular flexibility index (Phi) is 8.08. The molecular weight excluding hydrogens is 671 g/mol. The lowest BCUT2D eigenvalue weighted by Crippen LogP contribution is -2.10. The molecule has 0 amide bonds. The molecule has 0 unspecified atom stereocenters. The van der Waals surface area contributed by atoms with E-state index in [2.05, 4.69) is 150 Å². The molecular formula is C50H33N5. The van der Waals surface area contributed by atoms with Crippen LogP contribution in [0, 0.1) is 0 Å². The first-order valence-electron chi connectivity index (χ1n) is 18.4. The second-order valence-electron chi connectivity index (χ2n) is 13.6. The Balaban J connectivity index is 1.03. The minimum Gasteiger partial charge on any atom is -0.311 e. The van der Waals surface area contributed by atoms with Gasteiger partial charge in [0, 0.05) is 74.1 Å². The first-order chi connectivity index (χ1) is 27.2. The number of pyridine rings is 4. The largest absolute Gasteiger partial charge is 0.311 e. The van der Waals surface area contributed by atoms with Gasteiger partial charge in [-0.15, -0.1) is 0 Å². The molecule has 5 nitrogen and oxygen atoms in total. The molecule has 0 saturated carbocycles. The maximum atomic E-state index is 5.16. The van der Waals surface area contributed by atoms with E-state index in [4.69, 9.17) is 19.9 Å². The molecule has 6 aromatic carbocycles. The summed E-state index contributed by atoms with van der Waals surface area (Å²) in [6.07, 6.45) is 5.72. The lowest BCUT2D eigenvalue weighted by Gasteiger charge is -2.26. The highest BCUT2D eigenvalue weighted by atomic mass is 15.1. The third-order valence-electron chi connectivity index (χ3n) is 10.2. The van der Waals surface area contributed by atoms with Crippen molar-refractivity contribution >= 4 is 49.5 Å². The van der Waals surface area contributed by atoms with Gasteiger partial charge in [-0.05, 0) is 71.4 Å². The second-order valence-corrected chi connectivity index (χ2v) is 13.6. The lowest BCUT2D eigenvalue weighted by atomic mass is 10.0. The van der Waals surface area contributed by atoms with Crippen LogP contribution in [0.2, 0.25) is 0 Å². The number of nitrogens with zero attached hydrogens (tertiary/aromatic N) is 5. The number of rotatable bonds is 7. The van der Waals surface area contributed by atoms with Crippen molar-refractivity contribution in [1.29, 1.82) is 0 Å². The van der Waals surface area contributed by atoms with Gasteiger partial charge in [0.2, 0.25) is 0 Å². The van der Waals surface area contributed by atoms with Gasteiger partial charge in [0.25, 0.3) is 0 Å². The van der Waals surface area contributed by atoms with Gasteiger partial charge in [-0.1, -0.05) is 121 Å². The number of hydrogen-bond acceptors (Lipinski definition) is 5. The molecule has 0 N–H and O–H groups in total. The lowest BCUT2D eigenvalue weighted by molar-refractivity contribution is 1.27. The van der Waals surface area contributed by atoms with E-state index in [1.165, 1.54) is 10.8 Å². The molecule has 0 aliphatic heterocycles. The molecule has 258 valence electrons. The van der Waals surface area contributed by atoms with E-state index >= 15 is 0 Å². The van der Waals surface area contributed by atoms with E-state index in [0.29, 0.717) is 0 Å². The molecule has 55 heavy (non-hydrogen) atoms. The van der Waals surface area contributed by atoms with Crippen LogP contribution in [0.25, 0.3) is 77.5 Å². The van der Waals surface area contributed by atoms with Gasteiger partial charge in [-0.3, -0.25) is 15.0 Å². The fourth-order valence-electron chi connectivity index (χ4n) is 7.30. The van der Waals surface area contributed by atoms with Crippen molar-refractivity contribution in [2.45, 2.75) is 0 Å². The van der Waals surface area contributed by atoms with Gasteiger partial charge in [-0.2, -0.15) is 0 Å². The standard InChI is InChI=1S/C50H33N5/c1-2-9-37(10-3-1)50-49-40(15-8-28-51-49)31-48(54-50)36-20-26-45(27-21-36)55(43-22-16-34(17-23-43)46-29-38-11-4-6-13-41(38)32-52-46)44-24-18-35(19-25-44)47-30-39-12-5-7-14-42(39)33-53-47/h1-33H. The molecule has 0 bridgehead atoms. The van der Waals surface area contributed by atoms with Gasteiger partial charge >= 0.3 is 0 Å². The molecule has 5 heteroatoms. The van der Waals surface area contributed by atoms with E-state index < -0.39 is 0 Å². The van der Waals surface area contributed by atoms with Crippen LogP contribution in [0.3, 0.4) is 0 Å². The maximum absolute atomic E-state index is 5.16. The SMILES string of the molecule is c1ccc(-c2nc(-c3ccc(N(c4ccc(-c5cc6ccccc6cn5)cc4)c4ccc(-c5cc6ccccc6cn5)cc4)cc3)cc3cccnc23)cc1. The smallest absolute Gasteiger partial charge is 0.0972 e. The van der Waals surface area contributed by atoms with Gasteiger partial charge in [0.1, 0.15) is 0 Å². The van der Waals surface area contributed by atoms with Gasteiger partial charge in [-0.25, -0.2) is 4.98 Å². The summed E-state index contributed by atoms with van der Waals surface area (Å²) < 4.78 is 0. The van der Waals surface area contributed by atoms with E-state index in [9.17, 15) is 0 Å². The van der Waals surface area contributed by atoms with E-state index in [1.807, 2.05) is 55.0 Å². The molecule has 0 fully saturated rings. The number of aromatic nitrogens is 4. The molecule has 0 radical (unpaired) electrons. The summed E-state index contributed by atoms with van der Waals surface area (Å²) in [5, 5.41) is 5.66. The third kappa shape index (κ3) is 6.24. The van der Waals surface area contributed by atoms with E-state index in [-0.39, 0.29) is 0 Å². The average molecular weight is 704 g/mol. The zero-order chi connectivity index (χ0) is 36.6. The minimum atomic E-state index is 0.876. The Morgan fingerprint density at radius 2 is 0.764 bits per heavy atom. The van der Waals surface area contributed by atoms with Crippen LogP contribution >= 0.6 is 0 Å². The fourth-order valence-corrected chi connectivity index (χ4v) is 7.30. The fraction of sp³-hybridized carbons (Fsp3) is 0. The summed E-state index contributed by atoms with van der Waals surface area (Å²) in [7, 11) is 0. The Morgan fingerprint density at radius 3 is 1.29 bits per heavy atom. The molecule has 4 aromatic heterocycles. The molecule has 0 saturated heterocycles. The summed E-state index contributed by atoms with van der Waals surface area (Å²) in [6.45, 7) is 0. The Labute approximate surface area is 318 Å². The van der Waals surface area contributed by atoms with E-state index in [1.54, 1.807) is 0 Å². The Bertz CT molecular complexity index is 2840. The van der Waals surface area contributed by atoms with E-state index in [0.717, 1.165) is 83.8 Å². The highest BCUT2D eigenvalue weighted by Crippen LogP contribution is 2.38. The summed E-state index contributed by atoms with van der Waals surface area (Å²) in [5.41, 5.74) is 11.9. The number of hydrogen-bond donors (Lipinski definition) is 0. The van der Waals surface area contributed by atoms with Crippen molar-refractivity contribution in [2.24, 2.45) is 0 Å². The van der Waals surface area contributed by atoms with Gasteiger partial charge in [0.15, 0.2) is 0 Å². The third-order valence-corrected chi connectivity index (χ3v) is 10.2. The predicted octanol–water partition coefficient (Wildman–Crippen LogP) is 12.9. The van der Waals surface area contributed by atoms with Crippen molar-refractivity contribution in [3.8, 4) is 45.0 Å². The topological polar surface area (TPSA) is 54.8 Å². The Hall–Kier alpha value is -7.50. The first-order valence-corrected chi connectivity index (χ1v) is 18.4. The van der Waals surface area contributed by atoms with Crippen LogP contribution in [0.1, 0.15) is 0 Å². The Morgan fingerprint density at radius 1 is 0.327 bits per heavy atom. The van der Waals surface area contributed by atoms with Crippen molar-refractivity contribution < 1.29 is 0 Å². The molecule has 0 aliphatic carbocycles. The van der Waals surface area contributed by atoms with Gasteiger partial charge in [0.05, 0.1) is 28.3 Å². The second kappa shape index (κ2) is 13.8. The van der Waals surface area contributed by atoms with Crippen LogP contribution in [0.5, 0.6) is 0 Å². The van der Waals surface area contributed by atoms with Crippen molar-refractivity contribution in [3.05, 3.63) is 201 Å². The van der Waals surface area contributed by atoms with Crippen LogP contribution in [0.4, 0.5) is 17.1 Å². The molecule has 4 heterocycles. The van der Waals surface area contributed by atoms with Crippen molar-refractivity contribution in [2.75, 3.05) is 4.90 Å². The zero-order valence-corrected chi connectivity index (χ0v) is 29.8. The monoisotopic (exact) mass is 703 g/mol. The molecule has 10 rings (SSSR count). The average Bonchev–Trinajstić information content (AvgIpc) is 3.27. The molecule has 10 aromatic rings. The highest BCUT2D eigenvalue weighted by Gasteiger charge is 2.16. The molecule has 0 aliphatic rings. The number of fused-ring (bicyclic) bond motifs is 3. The highest BCUT2D eigenvalue weighted by molar-refractivity contribution is 5.94. The summed E-state index contributed by atoms with van der Waals surface area (Å²) in [5.74, 6) is 0. The summed E-state index contributed by atoms with van der Waals surface area (Å²) in [6, 6.07) is 63.4. The van der Waals surface area contributed by atoms with Crippen LogP contribution < -0.4 is 4.90 Å². The first kappa shape index (κ1) is 32.2. The molecule has 0 spiro atoms. The maximum Gasteiger partial charge on any atom is 0.0972 e. The van der Waals surface area contributed by atoms with Crippen molar-refractivity contribution in [3.63, 3.8) is 0 Å². The predicted molar refractivity (Wildman–Crippen MR) is 227 cm³/mol. The van der Waals surface area contributed by atoms with Crippen LogP contribution in [-0.2, 0) is 0 Å². The quantitative estimate of drug-likeness (QED) is 0.165. The van der Waals surface area contributed by atoms with Gasteiger partial charge < -0.3 is 4.90 Å². The van der Waals surface area contributed by atoms with Crippen molar-refractivity contribution in [1.82, 2.24) is 19.9 Å². The normalized spacial score (nSPS) is 11.3. The summed E-state index contributed by atoms with van der Waals surface area (Å²) >= 11 is 0. The van der Waals surface area contributed by atoms with Crippen LogP contribution in [-0.4, -0.2) is 19.9 Å². The number of anilines is 3. The molecule has 0 atom stereocenters.